The summed E-state index contributed by atoms with van der Waals surface area (Å²) in [6, 6.07) is 4.79. The molecule has 4 aromatic rings. The number of hydrogen-bond donors (Lipinski definition) is 3. The van der Waals surface area contributed by atoms with Crippen molar-refractivity contribution in [1.82, 2.24) is 24.3 Å². The third-order valence-electron chi connectivity index (χ3n) is 4.36. The van der Waals surface area contributed by atoms with Crippen LogP contribution in [0.4, 0.5) is 0 Å². The molecule has 0 aromatic carbocycles. The molecule has 142 valence electrons. The van der Waals surface area contributed by atoms with Crippen molar-refractivity contribution in [2.24, 2.45) is 12.8 Å². The first-order valence-corrected chi connectivity index (χ1v) is 9.27. The van der Waals surface area contributed by atoms with Gasteiger partial charge in [0.2, 0.25) is 5.56 Å². The molecule has 0 aliphatic rings. The monoisotopic (exact) mass is 395 g/mol. The number of aromatic amines is 1. The van der Waals surface area contributed by atoms with Gasteiger partial charge in [-0.3, -0.25) is 9.59 Å². The molecule has 28 heavy (non-hydrogen) atoms. The van der Waals surface area contributed by atoms with Crippen LogP contribution in [0.1, 0.15) is 10.7 Å². The molecule has 4 aromatic heterocycles. The molecule has 0 unspecified atom stereocenters. The summed E-state index contributed by atoms with van der Waals surface area (Å²) in [6.07, 6.45) is 4.88. The zero-order valence-electron chi connectivity index (χ0n) is 15.0. The van der Waals surface area contributed by atoms with Gasteiger partial charge in [0.1, 0.15) is 10.5 Å². The highest BCUT2D eigenvalue weighted by Crippen LogP contribution is 2.31. The van der Waals surface area contributed by atoms with E-state index in [0.29, 0.717) is 29.0 Å². The summed E-state index contributed by atoms with van der Waals surface area (Å²) in [5, 5.41) is 13.6. The number of nitrogens with two attached hydrogens (primary N) is 1. The fourth-order valence-electron chi connectivity index (χ4n) is 3.11. The molecule has 0 radical (unpaired) electrons. The van der Waals surface area contributed by atoms with Crippen LogP contribution in [-0.2, 0) is 20.0 Å². The number of thiazole rings is 1. The van der Waals surface area contributed by atoms with Gasteiger partial charge < -0.3 is 20.7 Å². The lowest BCUT2D eigenvalue weighted by Crippen LogP contribution is -2.25. The molecule has 0 aliphatic carbocycles. The van der Waals surface area contributed by atoms with E-state index in [-0.39, 0.29) is 17.7 Å². The van der Waals surface area contributed by atoms with Crippen LogP contribution >= 0.6 is 11.3 Å². The fourth-order valence-corrected chi connectivity index (χ4v) is 4.23. The lowest BCUT2D eigenvalue weighted by molar-refractivity contribution is 0.631. The van der Waals surface area contributed by atoms with Crippen LogP contribution in [0.25, 0.3) is 21.3 Å². The number of aromatic nitrogens is 5. The van der Waals surface area contributed by atoms with Crippen LogP contribution in [-0.4, -0.2) is 30.0 Å². The predicted octanol–water partition coefficient (Wildman–Crippen LogP) is 1.12. The van der Waals surface area contributed by atoms with Crippen LogP contribution in [0.3, 0.4) is 0 Å². The smallest absolute Gasteiger partial charge is 0.291 e. The maximum absolute atomic E-state index is 13.0. The maximum atomic E-state index is 13.0. The first-order chi connectivity index (χ1) is 13.5. The first kappa shape index (κ1) is 17.9. The summed E-state index contributed by atoms with van der Waals surface area (Å²) in [6.45, 7) is 0.172. The van der Waals surface area contributed by atoms with Crippen LogP contribution in [0.5, 0.6) is 0 Å². The molecule has 9 nitrogen and oxygen atoms in total. The molecule has 0 bridgehead atoms. The molecule has 0 fully saturated rings. The second-order valence-corrected chi connectivity index (χ2v) is 7.37. The van der Waals surface area contributed by atoms with Gasteiger partial charge in [0.25, 0.3) is 5.56 Å². The molecule has 0 saturated carbocycles. The lowest BCUT2D eigenvalue weighted by Gasteiger charge is -2.05. The number of allylic oxidation sites excluding steroid dienone is 1. The molecule has 10 heteroatoms. The van der Waals surface area contributed by atoms with Gasteiger partial charge in [0.05, 0.1) is 17.4 Å². The van der Waals surface area contributed by atoms with Crippen LogP contribution in [0, 0.1) is 5.41 Å². The summed E-state index contributed by atoms with van der Waals surface area (Å²) in [4.78, 5) is 31.7. The average Bonchev–Trinajstić information content (AvgIpc) is 3.16. The molecule has 0 atom stereocenters. The van der Waals surface area contributed by atoms with E-state index in [2.05, 4.69) is 15.1 Å². The van der Waals surface area contributed by atoms with Crippen molar-refractivity contribution in [2.45, 2.75) is 13.0 Å². The molecule has 0 amide bonds. The fraction of sp³-hybridized carbons (Fsp3) is 0.167. The number of fused-ring (bicyclic) bond motifs is 3. The molecule has 0 spiro atoms. The van der Waals surface area contributed by atoms with E-state index in [0.717, 1.165) is 15.1 Å². The number of hydrogen-bond acceptors (Lipinski definition) is 7. The van der Waals surface area contributed by atoms with Gasteiger partial charge in [-0.15, -0.1) is 11.3 Å². The van der Waals surface area contributed by atoms with Crippen molar-refractivity contribution in [3.63, 3.8) is 0 Å². The quantitative estimate of drug-likeness (QED) is 0.435. The van der Waals surface area contributed by atoms with Crippen LogP contribution in [0.15, 0.2) is 46.3 Å². The second kappa shape index (κ2) is 6.89. The molecule has 4 N–H and O–H groups in total. The van der Waals surface area contributed by atoms with Gasteiger partial charge in [-0.05, 0) is 18.3 Å². The van der Waals surface area contributed by atoms with Crippen molar-refractivity contribution in [2.75, 3.05) is 0 Å². The topological polar surface area (TPSA) is 135 Å². The van der Waals surface area contributed by atoms with Crippen LogP contribution in [0.2, 0.25) is 0 Å². The number of H-pyrrole nitrogens is 1. The Balaban J connectivity index is 1.78. The minimum Gasteiger partial charge on any atom is -0.405 e. The number of nitrogens with zero attached hydrogens (tertiary/aromatic N) is 4. The van der Waals surface area contributed by atoms with Crippen molar-refractivity contribution >= 4 is 38.3 Å². The Kier molecular flexibility index (Phi) is 4.40. The Hall–Kier alpha value is -3.53. The normalized spacial score (nSPS) is 11.8. The highest BCUT2D eigenvalue weighted by molar-refractivity contribution is 7.19. The van der Waals surface area contributed by atoms with E-state index in [1.807, 2.05) is 0 Å². The lowest BCUT2D eigenvalue weighted by atomic mass is 10.3. The number of rotatable bonds is 5. The highest BCUT2D eigenvalue weighted by atomic mass is 32.1. The molecule has 0 aliphatic heterocycles. The third-order valence-corrected chi connectivity index (χ3v) is 5.44. The van der Waals surface area contributed by atoms with Crippen molar-refractivity contribution in [1.29, 1.82) is 5.41 Å². The Morgan fingerprint density at radius 1 is 1.39 bits per heavy atom. The summed E-state index contributed by atoms with van der Waals surface area (Å²) < 4.78 is 3.93. The predicted molar refractivity (Wildman–Crippen MR) is 109 cm³/mol. The summed E-state index contributed by atoms with van der Waals surface area (Å²) in [5.41, 5.74) is 7.00. The van der Waals surface area contributed by atoms with E-state index in [9.17, 15) is 9.59 Å². The Labute approximate surface area is 162 Å². The third kappa shape index (κ3) is 3.03. The molecule has 4 rings (SSSR count). The minimum absolute atomic E-state index is 0.172. The Morgan fingerprint density at radius 2 is 2.21 bits per heavy atom. The molecular formula is C18H17N7O2S. The largest absolute Gasteiger partial charge is 0.405 e. The van der Waals surface area contributed by atoms with Crippen molar-refractivity contribution in [3.05, 3.63) is 68.1 Å². The first-order valence-electron chi connectivity index (χ1n) is 8.45. The minimum atomic E-state index is -0.254. The highest BCUT2D eigenvalue weighted by Gasteiger charge is 2.18. The van der Waals surface area contributed by atoms with E-state index >= 15 is 0 Å². The van der Waals surface area contributed by atoms with Gasteiger partial charge in [-0.25, -0.2) is 9.67 Å². The SMILES string of the molecule is Cn1c2nc(CC(=N)/C=C\N)sc2c2cnn(Cc3cccc(=O)[nH]3)c(=O)c21. The van der Waals surface area contributed by atoms with E-state index < -0.39 is 0 Å². The van der Waals surface area contributed by atoms with Gasteiger partial charge >= 0.3 is 0 Å². The standard InChI is InChI=1S/C18H17N7O2S/c1-24-15-12(16-17(24)23-14(28-16)7-10(20)5-6-19)8-21-25(18(15)27)9-11-3-2-4-13(26)22-11/h2-6,8,20H,7,9,19H2,1H3,(H,22,26)/b6-5-,20-10?. The summed E-state index contributed by atoms with van der Waals surface area (Å²) >= 11 is 1.44. The van der Waals surface area contributed by atoms with Gasteiger partial charge in [-0.1, -0.05) is 6.07 Å². The van der Waals surface area contributed by atoms with E-state index in [1.54, 1.807) is 29.9 Å². The Morgan fingerprint density at radius 3 is 2.96 bits per heavy atom. The average molecular weight is 395 g/mol. The van der Waals surface area contributed by atoms with E-state index in [4.69, 9.17) is 11.1 Å². The number of pyridine rings is 1. The summed E-state index contributed by atoms with van der Waals surface area (Å²) in [7, 11) is 1.79. The zero-order chi connectivity index (χ0) is 19.8. The Bertz CT molecular complexity index is 1360. The van der Waals surface area contributed by atoms with Gasteiger partial charge in [0, 0.05) is 36.3 Å². The van der Waals surface area contributed by atoms with E-state index in [1.165, 1.54) is 34.4 Å². The number of nitrogens with one attached hydrogen (secondary N) is 2. The van der Waals surface area contributed by atoms with Crippen molar-refractivity contribution in [3.8, 4) is 0 Å². The molecule has 4 heterocycles. The van der Waals surface area contributed by atoms with Gasteiger partial charge in [0.15, 0.2) is 5.65 Å². The second-order valence-electron chi connectivity index (χ2n) is 6.29. The van der Waals surface area contributed by atoms with Crippen molar-refractivity contribution < 1.29 is 0 Å². The number of aryl methyl sites for hydroxylation is 1. The summed E-state index contributed by atoms with van der Waals surface area (Å²) in [5.74, 6) is 0. The molecular weight excluding hydrogens is 378 g/mol. The molecule has 0 saturated heterocycles. The van der Waals surface area contributed by atoms with Crippen LogP contribution < -0.4 is 16.9 Å². The maximum Gasteiger partial charge on any atom is 0.291 e. The van der Waals surface area contributed by atoms with Gasteiger partial charge in [-0.2, -0.15) is 5.10 Å². The zero-order valence-corrected chi connectivity index (χ0v) is 15.8.